The Hall–Kier alpha value is -2.35. The van der Waals surface area contributed by atoms with E-state index in [4.69, 9.17) is 9.72 Å². The van der Waals surface area contributed by atoms with Gasteiger partial charge in [0, 0.05) is 24.2 Å². The summed E-state index contributed by atoms with van der Waals surface area (Å²) < 4.78 is 7.13. The number of ether oxygens (including phenoxy) is 1. The fraction of sp³-hybridized carbons (Fsp3) is 0.263. The fourth-order valence-electron chi connectivity index (χ4n) is 2.86. The lowest BCUT2D eigenvalue weighted by Crippen LogP contribution is -2.36. The van der Waals surface area contributed by atoms with Gasteiger partial charge in [-0.2, -0.15) is 0 Å². The first-order valence-corrected chi connectivity index (χ1v) is 9.37. The van der Waals surface area contributed by atoms with Crippen LogP contribution in [0.2, 0.25) is 0 Å². The minimum Gasteiger partial charge on any atom is -0.378 e. The van der Waals surface area contributed by atoms with E-state index in [0.29, 0.717) is 5.56 Å². The number of halogens is 1. The highest BCUT2D eigenvalue weighted by Crippen LogP contribution is 2.27. The molecule has 0 unspecified atom stereocenters. The predicted molar refractivity (Wildman–Crippen MR) is 112 cm³/mol. The van der Waals surface area contributed by atoms with Crippen LogP contribution in [0.5, 0.6) is 0 Å². The lowest BCUT2D eigenvalue weighted by atomic mass is 10.2. The molecule has 0 spiro atoms. The topological polar surface area (TPSA) is 63.1 Å². The van der Waals surface area contributed by atoms with Crippen LogP contribution < -0.4 is 10.5 Å². The van der Waals surface area contributed by atoms with E-state index in [-0.39, 0.29) is 18.0 Å². The molecule has 0 atom stereocenters. The van der Waals surface area contributed by atoms with Crippen molar-refractivity contribution in [1.29, 1.82) is 0 Å². The number of aromatic nitrogens is 3. The van der Waals surface area contributed by atoms with Gasteiger partial charge in [-0.3, -0.25) is 14.6 Å². The van der Waals surface area contributed by atoms with Gasteiger partial charge in [-0.25, -0.2) is 4.98 Å². The van der Waals surface area contributed by atoms with Crippen molar-refractivity contribution in [2.24, 2.45) is 0 Å². The van der Waals surface area contributed by atoms with Gasteiger partial charge in [0.2, 0.25) is 0 Å². The van der Waals surface area contributed by atoms with Gasteiger partial charge in [-0.05, 0) is 31.2 Å². The van der Waals surface area contributed by atoms with Gasteiger partial charge in [-0.15, -0.1) is 23.7 Å². The number of para-hydroxylation sites is 1. The minimum atomic E-state index is -0.119. The maximum atomic E-state index is 12.2. The first-order chi connectivity index (χ1) is 12.7. The number of anilines is 1. The van der Waals surface area contributed by atoms with Gasteiger partial charge >= 0.3 is 0 Å². The van der Waals surface area contributed by atoms with Crippen LogP contribution in [0.1, 0.15) is 16.1 Å². The second-order valence-corrected chi connectivity index (χ2v) is 7.28. The Morgan fingerprint density at radius 1 is 1.19 bits per heavy atom. The summed E-state index contributed by atoms with van der Waals surface area (Å²) in [5, 5.41) is 3.85. The monoisotopic (exact) mass is 404 g/mol. The summed E-state index contributed by atoms with van der Waals surface area (Å²) in [6.45, 7) is 5.28. The average molecular weight is 405 g/mol. The highest BCUT2D eigenvalue weighted by atomic mass is 35.5. The number of morpholine rings is 1. The fourth-order valence-corrected chi connectivity index (χ4v) is 3.81. The van der Waals surface area contributed by atoms with Crippen molar-refractivity contribution in [2.45, 2.75) is 6.92 Å². The summed E-state index contributed by atoms with van der Waals surface area (Å²) in [4.78, 5) is 20.3. The number of hydrogen-bond acceptors (Lipinski definition) is 5. The third-order valence-corrected chi connectivity index (χ3v) is 5.36. The first kappa shape index (κ1) is 19.4. The van der Waals surface area contributed by atoms with E-state index in [9.17, 15) is 4.79 Å². The van der Waals surface area contributed by atoms with Gasteiger partial charge in [0.25, 0.3) is 5.56 Å². The Balaban J connectivity index is 0.00000210. The highest BCUT2D eigenvalue weighted by molar-refractivity contribution is 7.15. The average Bonchev–Trinajstić information content (AvgIpc) is 3.24. The molecule has 0 bridgehead atoms. The molecule has 0 radical (unpaired) electrons. The molecule has 1 aromatic carbocycles. The molecule has 1 fully saturated rings. The van der Waals surface area contributed by atoms with E-state index >= 15 is 0 Å². The normalized spacial score (nSPS) is 14.5. The zero-order valence-corrected chi connectivity index (χ0v) is 16.6. The number of aryl methyl sites for hydroxylation is 1. The van der Waals surface area contributed by atoms with Gasteiger partial charge in [0.1, 0.15) is 0 Å². The molecule has 1 saturated heterocycles. The summed E-state index contributed by atoms with van der Waals surface area (Å²) in [6, 6.07) is 9.72. The predicted octanol–water partition coefficient (Wildman–Crippen LogP) is 3.36. The van der Waals surface area contributed by atoms with Crippen LogP contribution in [-0.2, 0) is 4.74 Å². The molecule has 6 nitrogen and oxygen atoms in total. The number of benzene rings is 1. The smallest absolute Gasteiger partial charge is 0.271 e. The zero-order valence-electron chi connectivity index (χ0n) is 14.9. The van der Waals surface area contributed by atoms with Crippen LogP contribution in [0.3, 0.4) is 0 Å². The van der Waals surface area contributed by atoms with Gasteiger partial charge in [0.05, 0.1) is 30.2 Å². The Kier molecular flexibility index (Phi) is 6.15. The minimum absolute atomic E-state index is 0. The van der Waals surface area contributed by atoms with Crippen LogP contribution in [0.4, 0.5) is 5.13 Å². The Bertz CT molecular complexity index is 971. The standard InChI is InChI=1S/C19H20N4O2S.ClH/c1-14-17(20-19(26-14)22-9-11-25-12-10-22)8-7-15-13-23(21-18(15)24)16-5-3-2-4-6-16;/h2-8,13H,9-12H2,1H3,(H,21,24);1H. The number of nitrogens with zero attached hydrogens (tertiary/aromatic N) is 3. The third kappa shape index (κ3) is 4.32. The highest BCUT2D eigenvalue weighted by Gasteiger charge is 2.16. The lowest BCUT2D eigenvalue weighted by molar-refractivity contribution is 0.122. The van der Waals surface area contributed by atoms with Crippen molar-refractivity contribution >= 4 is 41.0 Å². The van der Waals surface area contributed by atoms with Crippen molar-refractivity contribution in [1.82, 2.24) is 14.8 Å². The number of thiazole rings is 1. The molecule has 1 aliphatic rings. The van der Waals surface area contributed by atoms with E-state index in [1.165, 1.54) is 0 Å². The van der Waals surface area contributed by atoms with E-state index in [2.05, 4.69) is 16.9 Å². The molecule has 3 heterocycles. The van der Waals surface area contributed by atoms with E-state index in [0.717, 1.165) is 47.7 Å². The van der Waals surface area contributed by atoms with Gasteiger partial charge < -0.3 is 9.64 Å². The van der Waals surface area contributed by atoms with Crippen LogP contribution >= 0.6 is 23.7 Å². The van der Waals surface area contributed by atoms with Gasteiger partial charge in [0.15, 0.2) is 5.13 Å². The molecule has 8 heteroatoms. The third-order valence-electron chi connectivity index (χ3n) is 4.31. The van der Waals surface area contributed by atoms with Crippen molar-refractivity contribution in [2.75, 3.05) is 31.2 Å². The molecule has 0 saturated carbocycles. The molecule has 142 valence electrons. The van der Waals surface area contributed by atoms with Gasteiger partial charge in [-0.1, -0.05) is 18.2 Å². The summed E-state index contributed by atoms with van der Waals surface area (Å²) in [6.07, 6.45) is 5.54. The second-order valence-electron chi connectivity index (χ2n) is 6.10. The summed E-state index contributed by atoms with van der Waals surface area (Å²) in [7, 11) is 0. The van der Waals surface area contributed by atoms with Crippen molar-refractivity contribution in [3.8, 4) is 5.69 Å². The Morgan fingerprint density at radius 3 is 2.67 bits per heavy atom. The van der Waals surface area contributed by atoms with Crippen LogP contribution in [0.25, 0.3) is 17.8 Å². The van der Waals surface area contributed by atoms with Crippen molar-refractivity contribution < 1.29 is 4.74 Å². The molecule has 3 aromatic rings. The molecule has 0 amide bonds. The van der Waals surface area contributed by atoms with Crippen LogP contribution in [0, 0.1) is 6.92 Å². The Labute approximate surface area is 167 Å². The molecule has 0 aliphatic carbocycles. The zero-order chi connectivity index (χ0) is 17.9. The van der Waals surface area contributed by atoms with Crippen molar-refractivity contribution in [3.63, 3.8) is 0 Å². The van der Waals surface area contributed by atoms with Crippen molar-refractivity contribution in [3.05, 3.63) is 63.0 Å². The molecule has 4 rings (SSSR count). The number of hydrogen-bond donors (Lipinski definition) is 1. The van der Waals surface area contributed by atoms with Crippen LogP contribution in [0.15, 0.2) is 41.3 Å². The maximum absolute atomic E-state index is 12.2. The largest absolute Gasteiger partial charge is 0.378 e. The van der Waals surface area contributed by atoms with E-state index in [1.807, 2.05) is 42.5 Å². The Morgan fingerprint density at radius 2 is 1.93 bits per heavy atom. The maximum Gasteiger partial charge on any atom is 0.271 e. The van der Waals surface area contributed by atoms with Crippen LogP contribution in [-0.4, -0.2) is 41.1 Å². The van der Waals surface area contributed by atoms with E-state index in [1.54, 1.807) is 22.2 Å². The number of rotatable bonds is 4. The first-order valence-electron chi connectivity index (χ1n) is 8.56. The second kappa shape index (κ2) is 8.56. The number of aromatic amines is 1. The molecule has 1 aliphatic heterocycles. The molecule has 27 heavy (non-hydrogen) atoms. The SMILES string of the molecule is Cc1sc(N2CCOCC2)nc1C=Cc1cn(-c2ccccc2)[nH]c1=O.Cl. The molecular formula is C19H21ClN4O2S. The number of nitrogens with one attached hydrogen (secondary N) is 1. The lowest BCUT2D eigenvalue weighted by Gasteiger charge is -2.25. The summed E-state index contributed by atoms with van der Waals surface area (Å²) in [5.41, 5.74) is 2.31. The number of H-pyrrole nitrogens is 1. The summed E-state index contributed by atoms with van der Waals surface area (Å²) in [5.74, 6) is 0. The quantitative estimate of drug-likeness (QED) is 0.724. The summed E-state index contributed by atoms with van der Waals surface area (Å²) >= 11 is 1.68. The molecular weight excluding hydrogens is 384 g/mol. The molecule has 2 aromatic heterocycles. The van der Waals surface area contributed by atoms with E-state index < -0.39 is 0 Å². The molecule has 1 N–H and O–H groups in total.